The third-order valence-corrected chi connectivity index (χ3v) is 4.09. The van der Waals surface area contributed by atoms with Crippen molar-refractivity contribution >= 4 is 5.91 Å². The van der Waals surface area contributed by atoms with Gasteiger partial charge >= 0.3 is 6.01 Å². The Morgan fingerprint density at radius 2 is 2.00 bits per heavy atom. The molecule has 3 rings (SSSR count). The van der Waals surface area contributed by atoms with Gasteiger partial charge in [0, 0.05) is 35.8 Å². The molecule has 25 heavy (non-hydrogen) atoms. The highest BCUT2D eigenvalue weighted by molar-refractivity contribution is 5.94. The minimum absolute atomic E-state index is 0.0460. The van der Waals surface area contributed by atoms with Crippen molar-refractivity contribution in [3.8, 4) is 11.9 Å². The Morgan fingerprint density at radius 3 is 2.72 bits per heavy atom. The molecule has 1 aliphatic heterocycles. The van der Waals surface area contributed by atoms with Crippen molar-refractivity contribution < 1.29 is 14.3 Å². The predicted molar refractivity (Wildman–Crippen MR) is 91.8 cm³/mol. The second-order valence-corrected chi connectivity index (χ2v) is 6.15. The summed E-state index contributed by atoms with van der Waals surface area (Å²) >= 11 is 0. The highest BCUT2D eigenvalue weighted by Crippen LogP contribution is 2.19. The number of amides is 1. The van der Waals surface area contributed by atoms with Crippen LogP contribution in [0.3, 0.4) is 0 Å². The number of ether oxygens (including phenoxy) is 2. The second kappa shape index (κ2) is 7.46. The first kappa shape index (κ1) is 17.1. The number of likely N-dealkylation sites (tertiary alicyclic amines) is 1. The second-order valence-electron chi connectivity index (χ2n) is 6.15. The SMILES string of the molecule is COc1cc(C(=O)N2CCCC(Oc3nc(C)cc(C)n3)C2)ccn1. The topological polar surface area (TPSA) is 77.4 Å². The zero-order valence-corrected chi connectivity index (χ0v) is 14.7. The summed E-state index contributed by atoms with van der Waals surface area (Å²) in [5.41, 5.74) is 2.31. The number of carbonyl (C=O) groups excluding carboxylic acids is 1. The molecule has 2 aromatic heterocycles. The number of pyridine rings is 1. The Balaban J connectivity index is 1.68. The molecule has 0 bridgehead atoms. The number of carbonyl (C=O) groups is 1. The van der Waals surface area contributed by atoms with E-state index >= 15 is 0 Å². The number of piperidine rings is 1. The molecule has 1 aliphatic rings. The van der Waals surface area contributed by atoms with E-state index in [-0.39, 0.29) is 12.0 Å². The van der Waals surface area contributed by atoms with Crippen molar-refractivity contribution in [2.75, 3.05) is 20.2 Å². The lowest BCUT2D eigenvalue weighted by Crippen LogP contribution is -2.44. The van der Waals surface area contributed by atoms with Crippen LogP contribution in [0.1, 0.15) is 34.6 Å². The van der Waals surface area contributed by atoms with Gasteiger partial charge in [0.25, 0.3) is 5.91 Å². The maximum absolute atomic E-state index is 12.7. The van der Waals surface area contributed by atoms with Gasteiger partial charge in [0.15, 0.2) is 0 Å². The maximum Gasteiger partial charge on any atom is 0.317 e. The molecule has 1 atom stereocenters. The Hall–Kier alpha value is -2.70. The Morgan fingerprint density at radius 1 is 1.24 bits per heavy atom. The summed E-state index contributed by atoms with van der Waals surface area (Å²) in [4.78, 5) is 27.2. The summed E-state index contributed by atoms with van der Waals surface area (Å²) in [6, 6.07) is 5.63. The first-order valence-electron chi connectivity index (χ1n) is 8.33. The molecular weight excluding hydrogens is 320 g/mol. The van der Waals surface area contributed by atoms with Crippen molar-refractivity contribution in [2.45, 2.75) is 32.8 Å². The fraction of sp³-hybridized carbons (Fsp3) is 0.444. The fourth-order valence-corrected chi connectivity index (χ4v) is 2.95. The number of hydrogen-bond donors (Lipinski definition) is 0. The normalized spacial score (nSPS) is 17.2. The van der Waals surface area contributed by atoms with E-state index < -0.39 is 0 Å². The zero-order chi connectivity index (χ0) is 17.8. The van der Waals surface area contributed by atoms with Crippen LogP contribution in [0.4, 0.5) is 0 Å². The summed E-state index contributed by atoms with van der Waals surface area (Å²) in [5.74, 6) is 0.384. The summed E-state index contributed by atoms with van der Waals surface area (Å²) in [5, 5.41) is 0. The van der Waals surface area contributed by atoms with Crippen LogP contribution in [-0.2, 0) is 0 Å². The summed E-state index contributed by atoms with van der Waals surface area (Å²) in [6.45, 7) is 5.04. The van der Waals surface area contributed by atoms with Crippen LogP contribution in [0.25, 0.3) is 0 Å². The lowest BCUT2D eigenvalue weighted by molar-refractivity contribution is 0.0514. The van der Waals surface area contributed by atoms with E-state index in [1.54, 1.807) is 23.2 Å². The minimum atomic E-state index is -0.109. The van der Waals surface area contributed by atoms with Crippen molar-refractivity contribution in [3.05, 3.63) is 41.3 Å². The van der Waals surface area contributed by atoms with Gasteiger partial charge in [-0.25, -0.2) is 15.0 Å². The minimum Gasteiger partial charge on any atom is -0.481 e. The number of nitrogens with zero attached hydrogens (tertiary/aromatic N) is 4. The smallest absolute Gasteiger partial charge is 0.317 e. The van der Waals surface area contributed by atoms with Gasteiger partial charge in [0.1, 0.15) is 6.10 Å². The monoisotopic (exact) mass is 342 g/mol. The molecule has 0 aliphatic carbocycles. The molecule has 7 nitrogen and oxygen atoms in total. The van der Waals surface area contributed by atoms with E-state index in [1.165, 1.54) is 7.11 Å². The highest BCUT2D eigenvalue weighted by Gasteiger charge is 2.26. The third-order valence-electron chi connectivity index (χ3n) is 4.09. The van der Waals surface area contributed by atoms with E-state index in [0.29, 0.717) is 30.5 Å². The number of aryl methyl sites for hydroxylation is 2. The van der Waals surface area contributed by atoms with Crippen LogP contribution < -0.4 is 9.47 Å². The molecule has 132 valence electrons. The van der Waals surface area contributed by atoms with E-state index in [4.69, 9.17) is 9.47 Å². The largest absolute Gasteiger partial charge is 0.481 e. The van der Waals surface area contributed by atoms with E-state index in [0.717, 1.165) is 24.2 Å². The van der Waals surface area contributed by atoms with Gasteiger partial charge in [0.2, 0.25) is 5.88 Å². The molecule has 0 spiro atoms. The van der Waals surface area contributed by atoms with Gasteiger partial charge in [-0.3, -0.25) is 4.79 Å². The zero-order valence-electron chi connectivity index (χ0n) is 14.7. The fourth-order valence-electron chi connectivity index (χ4n) is 2.95. The van der Waals surface area contributed by atoms with Gasteiger partial charge in [-0.1, -0.05) is 0 Å². The number of rotatable bonds is 4. The third kappa shape index (κ3) is 4.23. The molecule has 0 N–H and O–H groups in total. The molecule has 1 unspecified atom stereocenters. The lowest BCUT2D eigenvalue weighted by Gasteiger charge is -2.32. The van der Waals surface area contributed by atoms with Crippen LogP contribution in [-0.4, -0.2) is 52.1 Å². The average Bonchev–Trinajstić information content (AvgIpc) is 2.60. The number of methoxy groups -OCH3 is 1. The molecule has 1 amide bonds. The predicted octanol–water partition coefficient (Wildman–Crippen LogP) is 2.18. The standard InChI is InChI=1S/C18H22N4O3/c1-12-9-13(2)21-18(20-12)25-15-5-4-8-22(11-15)17(23)14-6-7-19-16(10-14)24-3/h6-7,9-10,15H,4-5,8,11H2,1-3H3. The summed E-state index contributed by atoms with van der Waals surface area (Å²) in [6.07, 6.45) is 3.22. The van der Waals surface area contributed by atoms with Crippen LogP contribution in [0.5, 0.6) is 11.9 Å². The first-order chi connectivity index (χ1) is 12.0. The van der Waals surface area contributed by atoms with E-state index in [1.807, 2.05) is 19.9 Å². The van der Waals surface area contributed by atoms with Crippen LogP contribution in [0.2, 0.25) is 0 Å². The Labute approximate surface area is 147 Å². The average molecular weight is 342 g/mol. The number of aromatic nitrogens is 3. The molecule has 3 heterocycles. The van der Waals surface area contributed by atoms with Crippen LogP contribution in [0.15, 0.2) is 24.4 Å². The summed E-state index contributed by atoms with van der Waals surface area (Å²) < 4.78 is 11.0. The van der Waals surface area contributed by atoms with Gasteiger partial charge in [-0.15, -0.1) is 0 Å². The van der Waals surface area contributed by atoms with Gasteiger partial charge in [0.05, 0.1) is 13.7 Å². The van der Waals surface area contributed by atoms with Gasteiger partial charge < -0.3 is 14.4 Å². The molecule has 1 saturated heterocycles. The van der Waals surface area contributed by atoms with Crippen LogP contribution in [0, 0.1) is 13.8 Å². The molecule has 7 heteroatoms. The lowest BCUT2D eigenvalue weighted by atomic mass is 10.1. The highest BCUT2D eigenvalue weighted by atomic mass is 16.5. The first-order valence-corrected chi connectivity index (χ1v) is 8.33. The van der Waals surface area contributed by atoms with Crippen molar-refractivity contribution in [2.24, 2.45) is 0 Å². The molecule has 0 radical (unpaired) electrons. The van der Waals surface area contributed by atoms with Crippen molar-refractivity contribution in [1.29, 1.82) is 0 Å². The molecule has 2 aromatic rings. The van der Waals surface area contributed by atoms with Gasteiger partial charge in [-0.05, 0) is 38.8 Å². The van der Waals surface area contributed by atoms with Crippen molar-refractivity contribution in [3.63, 3.8) is 0 Å². The molecular formula is C18H22N4O3. The number of hydrogen-bond acceptors (Lipinski definition) is 6. The van der Waals surface area contributed by atoms with E-state index in [9.17, 15) is 4.79 Å². The molecule has 0 saturated carbocycles. The molecule has 1 fully saturated rings. The Bertz CT molecular complexity index is 745. The van der Waals surface area contributed by atoms with Gasteiger partial charge in [-0.2, -0.15) is 0 Å². The van der Waals surface area contributed by atoms with Crippen LogP contribution >= 0.6 is 0 Å². The van der Waals surface area contributed by atoms with Crippen molar-refractivity contribution in [1.82, 2.24) is 19.9 Å². The Kier molecular flexibility index (Phi) is 5.11. The summed E-state index contributed by atoms with van der Waals surface area (Å²) in [7, 11) is 1.53. The molecule has 0 aromatic carbocycles. The maximum atomic E-state index is 12.7. The van der Waals surface area contributed by atoms with E-state index in [2.05, 4.69) is 15.0 Å². The quantitative estimate of drug-likeness (QED) is 0.847.